The van der Waals surface area contributed by atoms with Crippen molar-refractivity contribution >= 4 is 11.8 Å². The molecule has 0 radical (unpaired) electrons. The van der Waals surface area contributed by atoms with Gasteiger partial charge in [-0.15, -0.1) is 0 Å². The monoisotopic (exact) mass is 377 g/mol. The zero-order chi connectivity index (χ0) is 19.5. The van der Waals surface area contributed by atoms with Crippen LogP contribution in [0.3, 0.4) is 0 Å². The lowest BCUT2D eigenvalue weighted by molar-refractivity contribution is -0.121. The summed E-state index contributed by atoms with van der Waals surface area (Å²) in [6.07, 6.45) is 5.25. The number of nitrogens with one attached hydrogen (secondary N) is 1. The third kappa shape index (κ3) is 7.60. The van der Waals surface area contributed by atoms with Gasteiger partial charge in [0.2, 0.25) is 5.91 Å². The predicted octanol–water partition coefficient (Wildman–Crippen LogP) is 0.866. The molecule has 8 nitrogen and oxygen atoms in total. The van der Waals surface area contributed by atoms with Gasteiger partial charge in [-0.1, -0.05) is 13.3 Å². The number of hydrogen-bond donors (Lipinski definition) is 1. The molecule has 0 aromatic carbocycles. The van der Waals surface area contributed by atoms with Gasteiger partial charge in [-0.2, -0.15) is 0 Å². The first-order chi connectivity index (χ1) is 13.1. The van der Waals surface area contributed by atoms with Gasteiger partial charge in [0.25, 0.3) is 5.91 Å². The Kier molecular flexibility index (Phi) is 9.13. The molecule has 1 saturated heterocycles. The smallest absolute Gasteiger partial charge is 0.274 e. The molecule has 150 valence electrons. The van der Waals surface area contributed by atoms with Crippen LogP contribution in [-0.4, -0.2) is 84.1 Å². The number of hydrogen-bond acceptors (Lipinski definition) is 6. The fourth-order valence-electron chi connectivity index (χ4n) is 2.83. The van der Waals surface area contributed by atoms with Gasteiger partial charge in [-0.05, 0) is 13.3 Å². The fourth-order valence-corrected chi connectivity index (χ4v) is 2.83. The van der Waals surface area contributed by atoms with E-state index in [1.807, 2.05) is 6.92 Å². The molecular formula is C19H31N5O3. The van der Waals surface area contributed by atoms with Crippen molar-refractivity contribution < 1.29 is 14.3 Å². The fraction of sp³-hybridized carbons (Fsp3) is 0.684. The highest BCUT2D eigenvalue weighted by molar-refractivity contribution is 5.92. The van der Waals surface area contributed by atoms with E-state index in [9.17, 15) is 9.59 Å². The molecule has 0 saturated carbocycles. The minimum atomic E-state index is -0.169. The standard InChI is InChI=1S/C19H31N5O3/c1-3-4-7-24(19(26)17-15-21-16(2)14-22-17)8-5-18(25)20-6-9-23-10-12-27-13-11-23/h14-15H,3-13H2,1-2H3,(H,20,25). The molecule has 1 aliphatic heterocycles. The Morgan fingerprint density at radius 1 is 1.22 bits per heavy atom. The van der Waals surface area contributed by atoms with E-state index in [4.69, 9.17) is 4.74 Å². The van der Waals surface area contributed by atoms with Crippen LogP contribution in [0.2, 0.25) is 0 Å². The minimum absolute atomic E-state index is 0.0347. The molecule has 1 fully saturated rings. The van der Waals surface area contributed by atoms with Crippen molar-refractivity contribution in [2.45, 2.75) is 33.1 Å². The molecule has 1 N–H and O–H groups in total. The molecular weight excluding hydrogens is 346 g/mol. The summed E-state index contributed by atoms with van der Waals surface area (Å²) in [5, 5.41) is 2.94. The first-order valence-corrected chi connectivity index (χ1v) is 9.75. The normalized spacial score (nSPS) is 14.7. The van der Waals surface area contributed by atoms with Gasteiger partial charge >= 0.3 is 0 Å². The summed E-state index contributed by atoms with van der Waals surface area (Å²) in [6, 6.07) is 0. The molecule has 0 atom stereocenters. The Morgan fingerprint density at radius 3 is 2.67 bits per heavy atom. The van der Waals surface area contributed by atoms with Crippen molar-refractivity contribution in [1.29, 1.82) is 0 Å². The lowest BCUT2D eigenvalue weighted by atomic mass is 10.2. The molecule has 27 heavy (non-hydrogen) atoms. The van der Waals surface area contributed by atoms with E-state index in [1.54, 1.807) is 11.1 Å². The first-order valence-electron chi connectivity index (χ1n) is 9.75. The van der Waals surface area contributed by atoms with E-state index in [0.29, 0.717) is 25.3 Å². The molecule has 0 spiro atoms. The zero-order valence-electron chi connectivity index (χ0n) is 16.4. The quantitative estimate of drug-likeness (QED) is 0.651. The Hall–Kier alpha value is -2.06. The molecule has 2 heterocycles. The molecule has 0 unspecified atom stereocenters. The summed E-state index contributed by atoms with van der Waals surface area (Å²) in [6.45, 7) is 9.68. The number of aromatic nitrogens is 2. The molecule has 8 heteroatoms. The molecule has 2 amide bonds. The number of ether oxygens (including phenoxy) is 1. The van der Waals surface area contributed by atoms with Crippen molar-refractivity contribution in [2.24, 2.45) is 0 Å². The van der Waals surface area contributed by atoms with E-state index < -0.39 is 0 Å². The number of nitrogens with zero attached hydrogens (tertiary/aromatic N) is 4. The van der Waals surface area contributed by atoms with E-state index in [1.165, 1.54) is 6.20 Å². The average molecular weight is 377 g/mol. The van der Waals surface area contributed by atoms with Crippen molar-refractivity contribution in [1.82, 2.24) is 25.1 Å². The van der Waals surface area contributed by atoms with E-state index in [-0.39, 0.29) is 18.2 Å². The van der Waals surface area contributed by atoms with Gasteiger partial charge < -0.3 is 15.0 Å². The maximum Gasteiger partial charge on any atom is 0.274 e. The lowest BCUT2D eigenvalue weighted by Gasteiger charge is -2.26. The molecule has 1 aromatic rings. The van der Waals surface area contributed by atoms with Crippen LogP contribution in [0.1, 0.15) is 42.4 Å². The summed E-state index contributed by atoms with van der Waals surface area (Å²) in [5.74, 6) is -0.204. The van der Waals surface area contributed by atoms with Crippen LogP contribution >= 0.6 is 0 Å². The highest BCUT2D eigenvalue weighted by atomic mass is 16.5. The zero-order valence-corrected chi connectivity index (χ0v) is 16.4. The highest BCUT2D eigenvalue weighted by Crippen LogP contribution is 2.05. The van der Waals surface area contributed by atoms with Crippen LogP contribution in [0, 0.1) is 6.92 Å². The molecule has 1 aliphatic rings. The predicted molar refractivity (Wildman–Crippen MR) is 102 cm³/mol. The first kappa shape index (κ1) is 21.2. The second kappa shape index (κ2) is 11.6. The molecule has 1 aromatic heterocycles. The van der Waals surface area contributed by atoms with Gasteiger partial charge in [0.1, 0.15) is 5.69 Å². The molecule has 0 aliphatic carbocycles. The molecule has 0 bridgehead atoms. The average Bonchev–Trinajstić information content (AvgIpc) is 2.69. The van der Waals surface area contributed by atoms with E-state index in [2.05, 4.69) is 27.1 Å². The number of morpholine rings is 1. The second-order valence-corrected chi connectivity index (χ2v) is 6.74. The van der Waals surface area contributed by atoms with Gasteiger partial charge in [0, 0.05) is 51.9 Å². The minimum Gasteiger partial charge on any atom is -0.379 e. The maximum absolute atomic E-state index is 12.7. The van der Waals surface area contributed by atoms with E-state index in [0.717, 1.165) is 51.4 Å². The van der Waals surface area contributed by atoms with Crippen LogP contribution in [0.15, 0.2) is 12.4 Å². The summed E-state index contributed by atoms with van der Waals surface area (Å²) in [4.78, 5) is 37.1. The van der Waals surface area contributed by atoms with Crippen LogP contribution in [0.5, 0.6) is 0 Å². The summed E-state index contributed by atoms with van der Waals surface area (Å²) >= 11 is 0. The number of rotatable bonds is 10. The highest BCUT2D eigenvalue weighted by Gasteiger charge is 2.18. The van der Waals surface area contributed by atoms with Crippen LogP contribution < -0.4 is 5.32 Å². The molecule has 2 rings (SSSR count). The van der Waals surface area contributed by atoms with Crippen LogP contribution in [0.4, 0.5) is 0 Å². The van der Waals surface area contributed by atoms with Gasteiger partial charge in [-0.3, -0.25) is 19.5 Å². The van der Waals surface area contributed by atoms with Crippen LogP contribution in [-0.2, 0) is 9.53 Å². The third-order valence-electron chi connectivity index (χ3n) is 4.53. The Morgan fingerprint density at radius 2 is 2.00 bits per heavy atom. The Bertz CT molecular complexity index is 588. The maximum atomic E-state index is 12.7. The number of carbonyl (C=O) groups excluding carboxylic acids is 2. The van der Waals surface area contributed by atoms with Crippen molar-refractivity contribution in [2.75, 3.05) is 52.5 Å². The van der Waals surface area contributed by atoms with Crippen molar-refractivity contribution in [3.63, 3.8) is 0 Å². The Balaban J connectivity index is 1.77. The summed E-state index contributed by atoms with van der Waals surface area (Å²) < 4.78 is 5.31. The van der Waals surface area contributed by atoms with Gasteiger partial charge in [0.05, 0.1) is 25.1 Å². The topological polar surface area (TPSA) is 87.7 Å². The van der Waals surface area contributed by atoms with E-state index >= 15 is 0 Å². The van der Waals surface area contributed by atoms with Crippen molar-refractivity contribution in [3.05, 3.63) is 23.8 Å². The SMILES string of the molecule is CCCCN(CCC(=O)NCCN1CCOCC1)C(=O)c1cnc(C)cn1. The van der Waals surface area contributed by atoms with Crippen LogP contribution in [0.25, 0.3) is 0 Å². The largest absolute Gasteiger partial charge is 0.379 e. The number of unbranched alkanes of at least 4 members (excludes halogenated alkanes) is 1. The summed E-state index contributed by atoms with van der Waals surface area (Å²) in [7, 11) is 0. The second-order valence-electron chi connectivity index (χ2n) is 6.74. The summed E-state index contributed by atoms with van der Waals surface area (Å²) in [5.41, 5.74) is 1.09. The van der Waals surface area contributed by atoms with Gasteiger partial charge in [0.15, 0.2) is 0 Å². The van der Waals surface area contributed by atoms with Crippen molar-refractivity contribution in [3.8, 4) is 0 Å². The third-order valence-corrected chi connectivity index (χ3v) is 4.53. The Labute approximate surface area is 161 Å². The lowest BCUT2D eigenvalue weighted by Crippen LogP contribution is -2.42. The number of amides is 2. The number of aryl methyl sites for hydroxylation is 1. The number of carbonyl (C=O) groups is 2. The van der Waals surface area contributed by atoms with Gasteiger partial charge in [-0.25, -0.2) is 4.98 Å².